The van der Waals surface area contributed by atoms with E-state index in [1.54, 1.807) is 6.07 Å². The fourth-order valence-corrected chi connectivity index (χ4v) is 2.46. The fourth-order valence-electron chi connectivity index (χ4n) is 2.46. The van der Waals surface area contributed by atoms with Gasteiger partial charge in [0.1, 0.15) is 5.82 Å². The SMILES string of the molecule is O=C(NN=Cc1ccc(N2CCOCC2)cc1)c1ccccc1F. The zero-order chi connectivity index (χ0) is 16.8. The third-order valence-corrected chi connectivity index (χ3v) is 3.77. The van der Waals surface area contributed by atoms with E-state index >= 15 is 0 Å². The lowest BCUT2D eigenvalue weighted by Crippen LogP contribution is -2.36. The molecule has 2 aromatic carbocycles. The number of carbonyl (C=O) groups is 1. The van der Waals surface area contributed by atoms with Crippen molar-refractivity contribution >= 4 is 17.8 Å². The number of benzene rings is 2. The van der Waals surface area contributed by atoms with E-state index in [0.29, 0.717) is 0 Å². The van der Waals surface area contributed by atoms with Crippen LogP contribution in [0.4, 0.5) is 10.1 Å². The quantitative estimate of drug-likeness (QED) is 0.693. The molecule has 0 radical (unpaired) electrons. The van der Waals surface area contributed by atoms with Crippen LogP contribution in [-0.2, 0) is 4.74 Å². The van der Waals surface area contributed by atoms with Crippen molar-refractivity contribution in [3.63, 3.8) is 0 Å². The fraction of sp³-hybridized carbons (Fsp3) is 0.222. The van der Waals surface area contributed by atoms with Crippen LogP contribution in [-0.4, -0.2) is 38.4 Å². The second-order valence-corrected chi connectivity index (χ2v) is 5.37. The van der Waals surface area contributed by atoms with Gasteiger partial charge in [0.2, 0.25) is 0 Å². The number of halogens is 1. The molecule has 1 N–H and O–H groups in total. The first-order valence-electron chi connectivity index (χ1n) is 7.75. The molecule has 1 aliphatic heterocycles. The molecule has 0 unspecified atom stereocenters. The van der Waals surface area contributed by atoms with Crippen molar-refractivity contribution in [1.82, 2.24) is 5.43 Å². The number of hydrogen-bond donors (Lipinski definition) is 1. The third kappa shape index (κ3) is 3.97. The topological polar surface area (TPSA) is 53.9 Å². The van der Waals surface area contributed by atoms with Crippen molar-refractivity contribution in [2.75, 3.05) is 31.2 Å². The zero-order valence-corrected chi connectivity index (χ0v) is 13.1. The van der Waals surface area contributed by atoms with E-state index in [4.69, 9.17) is 4.74 Å². The molecule has 124 valence electrons. The standard InChI is InChI=1S/C18H18FN3O2/c19-17-4-2-1-3-16(17)18(23)21-20-13-14-5-7-15(8-6-14)22-9-11-24-12-10-22/h1-8,13H,9-12H2,(H,21,23). The third-order valence-electron chi connectivity index (χ3n) is 3.77. The predicted octanol–water partition coefficient (Wildman–Crippen LogP) is 2.43. The summed E-state index contributed by atoms with van der Waals surface area (Å²) in [4.78, 5) is 14.1. The van der Waals surface area contributed by atoms with Crippen LogP contribution in [0.25, 0.3) is 0 Å². The highest BCUT2D eigenvalue weighted by Crippen LogP contribution is 2.16. The number of anilines is 1. The number of amides is 1. The molecular weight excluding hydrogens is 309 g/mol. The van der Waals surface area contributed by atoms with Crippen molar-refractivity contribution < 1.29 is 13.9 Å². The number of hydrazone groups is 1. The van der Waals surface area contributed by atoms with E-state index in [9.17, 15) is 9.18 Å². The summed E-state index contributed by atoms with van der Waals surface area (Å²) in [5, 5.41) is 3.88. The molecule has 0 aromatic heterocycles. The van der Waals surface area contributed by atoms with E-state index in [-0.39, 0.29) is 5.56 Å². The van der Waals surface area contributed by atoms with E-state index in [1.807, 2.05) is 24.3 Å². The van der Waals surface area contributed by atoms with Crippen molar-refractivity contribution in [1.29, 1.82) is 0 Å². The largest absolute Gasteiger partial charge is 0.378 e. The number of carbonyl (C=O) groups excluding carboxylic acids is 1. The van der Waals surface area contributed by atoms with Crippen LogP contribution in [0.15, 0.2) is 53.6 Å². The monoisotopic (exact) mass is 327 g/mol. The molecule has 0 spiro atoms. The molecule has 0 aliphatic carbocycles. The predicted molar refractivity (Wildman–Crippen MR) is 90.9 cm³/mol. The molecule has 0 atom stereocenters. The average Bonchev–Trinajstić information content (AvgIpc) is 2.63. The van der Waals surface area contributed by atoms with Gasteiger partial charge in [-0.25, -0.2) is 9.82 Å². The maximum Gasteiger partial charge on any atom is 0.274 e. The van der Waals surface area contributed by atoms with Gasteiger partial charge >= 0.3 is 0 Å². The van der Waals surface area contributed by atoms with Gasteiger partial charge < -0.3 is 9.64 Å². The Balaban J connectivity index is 1.58. The van der Waals surface area contributed by atoms with Crippen molar-refractivity contribution in [3.8, 4) is 0 Å². The van der Waals surface area contributed by atoms with E-state index in [2.05, 4.69) is 15.4 Å². The minimum Gasteiger partial charge on any atom is -0.378 e. The van der Waals surface area contributed by atoms with Gasteiger partial charge in [-0.2, -0.15) is 5.10 Å². The van der Waals surface area contributed by atoms with Gasteiger partial charge in [-0.15, -0.1) is 0 Å². The van der Waals surface area contributed by atoms with Crippen LogP contribution >= 0.6 is 0 Å². The highest BCUT2D eigenvalue weighted by Gasteiger charge is 2.11. The number of nitrogens with zero attached hydrogens (tertiary/aromatic N) is 2. The number of morpholine rings is 1. The van der Waals surface area contributed by atoms with Gasteiger partial charge in [0.15, 0.2) is 0 Å². The van der Waals surface area contributed by atoms with E-state index < -0.39 is 11.7 Å². The lowest BCUT2D eigenvalue weighted by Gasteiger charge is -2.28. The first-order chi connectivity index (χ1) is 11.7. The Morgan fingerprint density at radius 3 is 2.54 bits per heavy atom. The molecule has 0 bridgehead atoms. The Morgan fingerprint density at radius 2 is 1.83 bits per heavy atom. The van der Waals surface area contributed by atoms with Crippen LogP contribution in [0.2, 0.25) is 0 Å². The molecule has 24 heavy (non-hydrogen) atoms. The van der Waals surface area contributed by atoms with Gasteiger partial charge in [0, 0.05) is 18.8 Å². The molecule has 1 aliphatic rings. The summed E-state index contributed by atoms with van der Waals surface area (Å²) in [7, 11) is 0. The molecule has 0 saturated carbocycles. The van der Waals surface area contributed by atoms with Crippen molar-refractivity contribution in [2.45, 2.75) is 0 Å². The molecule has 3 rings (SSSR count). The Bertz CT molecular complexity index is 725. The average molecular weight is 327 g/mol. The molecule has 1 amide bonds. The summed E-state index contributed by atoms with van der Waals surface area (Å²) in [5.41, 5.74) is 4.28. The minimum absolute atomic E-state index is 0.0303. The highest BCUT2D eigenvalue weighted by atomic mass is 19.1. The zero-order valence-electron chi connectivity index (χ0n) is 13.1. The number of nitrogens with one attached hydrogen (secondary N) is 1. The number of hydrogen-bond acceptors (Lipinski definition) is 4. The summed E-state index contributed by atoms with van der Waals surface area (Å²) in [5.74, 6) is -1.14. The van der Waals surface area contributed by atoms with Gasteiger partial charge in [-0.1, -0.05) is 24.3 Å². The van der Waals surface area contributed by atoms with Crippen molar-refractivity contribution in [3.05, 3.63) is 65.5 Å². The van der Waals surface area contributed by atoms with Crippen LogP contribution in [0.3, 0.4) is 0 Å². The minimum atomic E-state index is -0.575. The van der Waals surface area contributed by atoms with Gasteiger partial charge in [0.05, 0.1) is 25.0 Å². The molecule has 6 heteroatoms. The first kappa shape index (κ1) is 16.1. The summed E-state index contributed by atoms with van der Waals surface area (Å²) >= 11 is 0. The molecular formula is C18H18FN3O2. The number of ether oxygens (including phenoxy) is 1. The van der Waals surface area contributed by atoms with Gasteiger partial charge in [-0.05, 0) is 29.8 Å². The molecule has 1 fully saturated rings. The van der Waals surface area contributed by atoms with Crippen LogP contribution in [0.1, 0.15) is 15.9 Å². The second-order valence-electron chi connectivity index (χ2n) is 5.37. The van der Waals surface area contributed by atoms with E-state index in [1.165, 1.54) is 24.4 Å². The summed E-state index contributed by atoms with van der Waals surface area (Å²) in [6, 6.07) is 13.6. The van der Waals surface area contributed by atoms with Gasteiger partial charge in [0.25, 0.3) is 5.91 Å². The molecule has 1 heterocycles. The lowest BCUT2D eigenvalue weighted by molar-refractivity contribution is 0.0951. The summed E-state index contributed by atoms with van der Waals surface area (Å²) in [6.45, 7) is 3.24. The first-order valence-corrected chi connectivity index (χ1v) is 7.75. The van der Waals surface area contributed by atoms with Crippen LogP contribution < -0.4 is 10.3 Å². The molecule has 5 nitrogen and oxygen atoms in total. The van der Waals surface area contributed by atoms with Crippen molar-refractivity contribution in [2.24, 2.45) is 5.10 Å². The highest BCUT2D eigenvalue weighted by molar-refractivity contribution is 5.95. The Labute approximate surface area is 139 Å². The van der Waals surface area contributed by atoms with Crippen LogP contribution in [0, 0.1) is 5.82 Å². The van der Waals surface area contributed by atoms with E-state index in [0.717, 1.165) is 37.6 Å². The smallest absolute Gasteiger partial charge is 0.274 e. The maximum absolute atomic E-state index is 13.5. The molecule has 1 saturated heterocycles. The Kier molecular flexibility index (Phi) is 5.18. The van der Waals surface area contributed by atoms with Gasteiger partial charge in [-0.3, -0.25) is 4.79 Å². The Hall–Kier alpha value is -2.73. The second kappa shape index (κ2) is 7.70. The van der Waals surface area contributed by atoms with Crippen LogP contribution in [0.5, 0.6) is 0 Å². The maximum atomic E-state index is 13.5. The summed E-state index contributed by atoms with van der Waals surface area (Å²) in [6.07, 6.45) is 1.53. The normalized spacial score (nSPS) is 14.8. The Morgan fingerprint density at radius 1 is 1.12 bits per heavy atom. The summed E-state index contributed by atoms with van der Waals surface area (Å²) < 4.78 is 18.8. The lowest BCUT2D eigenvalue weighted by atomic mass is 10.2. The molecule has 2 aromatic rings. The number of rotatable bonds is 4.